The first kappa shape index (κ1) is 34.8. The lowest BCUT2D eigenvalue weighted by molar-refractivity contribution is 0.795. The first-order chi connectivity index (χ1) is 28.5. The van der Waals surface area contributed by atoms with Gasteiger partial charge in [0.15, 0.2) is 5.82 Å². The van der Waals surface area contributed by atoms with Crippen LogP contribution in [0.3, 0.4) is 0 Å². The van der Waals surface area contributed by atoms with Gasteiger partial charge in [-0.3, -0.25) is 9.13 Å². The van der Waals surface area contributed by atoms with E-state index >= 15 is 0 Å². The Bertz CT molecular complexity index is 3180. The van der Waals surface area contributed by atoms with Crippen molar-refractivity contribution < 1.29 is 0 Å². The summed E-state index contributed by atoms with van der Waals surface area (Å²) in [5.41, 5.74) is 15.8. The first-order valence-corrected chi connectivity index (χ1v) is 19.5. The lowest BCUT2D eigenvalue weighted by atomic mass is 9.91. The van der Waals surface area contributed by atoms with Gasteiger partial charge in [0.1, 0.15) is 0 Å². The van der Waals surface area contributed by atoms with Crippen LogP contribution in [0.15, 0.2) is 199 Å². The standard InChI is InChI=1S/C53H38N4O/c1-56-50-32-29-41(33-51(50)57(2)53(56)58)44-31-30-43(45-18-10-11-19-46(44)45)38-25-21-35(22-26-38)36-23-27-39(28-24-36)48-34-49(55-52(54-48)40-15-7-4-8-16-40)47-20-12-9-17-42(47)37-13-5-3-6-14-37/h3-34H,1-2H3. The molecule has 5 heteroatoms. The summed E-state index contributed by atoms with van der Waals surface area (Å²) in [5.74, 6) is 0.695. The Balaban J connectivity index is 0.976. The first-order valence-electron chi connectivity index (χ1n) is 19.5. The zero-order valence-electron chi connectivity index (χ0n) is 32.2. The van der Waals surface area contributed by atoms with E-state index in [-0.39, 0.29) is 5.69 Å². The lowest BCUT2D eigenvalue weighted by Gasteiger charge is -2.14. The van der Waals surface area contributed by atoms with Crippen LogP contribution in [0.25, 0.3) is 100 Å². The summed E-state index contributed by atoms with van der Waals surface area (Å²) >= 11 is 0. The molecule has 0 unspecified atom stereocenters. The van der Waals surface area contributed by atoms with Crippen molar-refractivity contribution in [3.05, 3.63) is 205 Å². The molecule has 0 saturated carbocycles. The maximum Gasteiger partial charge on any atom is 0.328 e. The van der Waals surface area contributed by atoms with Crippen LogP contribution in [0.2, 0.25) is 0 Å². The summed E-state index contributed by atoms with van der Waals surface area (Å²) in [4.78, 5) is 22.8. The van der Waals surface area contributed by atoms with Crippen LogP contribution in [0.5, 0.6) is 0 Å². The van der Waals surface area contributed by atoms with Crippen molar-refractivity contribution in [2.24, 2.45) is 14.1 Å². The summed E-state index contributed by atoms with van der Waals surface area (Å²) in [6, 6.07) is 68.0. The van der Waals surface area contributed by atoms with E-state index in [4.69, 9.17) is 9.97 Å². The van der Waals surface area contributed by atoms with E-state index in [9.17, 15) is 4.79 Å². The highest BCUT2D eigenvalue weighted by molar-refractivity contribution is 6.05. The zero-order chi connectivity index (χ0) is 39.2. The monoisotopic (exact) mass is 746 g/mol. The van der Waals surface area contributed by atoms with Gasteiger partial charge < -0.3 is 0 Å². The second-order valence-electron chi connectivity index (χ2n) is 14.7. The quantitative estimate of drug-likeness (QED) is 0.163. The van der Waals surface area contributed by atoms with Gasteiger partial charge in [-0.15, -0.1) is 0 Å². The number of rotatable bonds is 7. The minimum Gasteiger partial charge on any atom is -0.295 e. The highest BCUT2D eigenvalue weighted by Crippen LogP contribution is 2.38. The minimum absolute atomic E-state index is 0.0230. The second kappa shape index (κ2) is 14.5. The van der Waals surface area contributed by atoms with Gasteiger partial charge in [0.05, 0.1) is 22.4 Å². The minimum atomic E-state index is -0.0230. The van der Waals surface area contributed by atoms with E-state index in [2.05, 4.69) is 164 Å². The Morgan fingerprint density at radius 1 is 0.345 bits per heavy atom. The van der Waals surface area contributed by atoms with Crippen molar-refractivity contribution in [1.29, 1.82) is 0 Å². The van der Waals surface area contributed by atoms with Crippen molar-refractivity contribution in [3.63, 3.8) is 0 Å². The van der Waals surface area contributed by atoms with Gasteiger partial charge in [0.2, 0.25) is 0 Å². The summed E-state index contributed by atoms with van der Waals surface area (Å²) < 4.78 is 3.41. The molecule has 0 fully saturated rings. The van der Waals surface area contributed by atoms with Crippen LogP contribution in [0, 0.1) is 0 Å². The third-order valence-electron chi connectivity index (χ3n) is 11.3. The molecule has 0 amide bonds. The molecular formula is C53H38N4O. The molecule has 0 bridgehead atoms. The second-order valence-corrected chi connectivity index (χ2v) is 14.7. The van der Waals surface area contributed by atoms with Gasteiger partial charge in [-0.25, -0.2) is 14.8 Å². The van der Waals surface area contributed by atoms with E-state index in [1.165, 1.54) is 16.3 Å². The fraction of sp³-hybridized carbons (Fsp3) is 0.0377. The molecule has 5 nitrogen and oxygen atoms in total. The van der Waals surface area contributed by atoms with Crippen molar-refractivity contribution in [2.75, 3.05) is 0 Å². The molecule has 0 aliphatic heterocycles. The lowest BCUT2D eigenvalue weighted by Crippen LogP contribution is -2.19. The number of hydrogen-bond acceptors (Lipinski definition) is 3. The number of imidazole rings is 1. The number of benzene rings is 8. The molecular weight excluding hydrogens is 709 g/mol. The van der Waals surface area contributed by atoms with Gasteiger partial charge in [0, 0.05) is 30.8 Å². The van der Waals surface area contributed by atoms with E-state index in [1.54, 1.807) is 9.13 Å². The highest BCUT2D eigenvalue weighted by atomic mass is 16.1. The smallest absolute Gasteiger partial charge is 0.295 e. The molecule has 10 aromatic rings. The topological polar surface area (TPSA) is 52.7 Å². The van der Waals surface area contributed by atoms with Crippen molar-refractivity contribution in [3.8, 4) is 78.4 Å². The molecule has 0 spiro atoms. The molecule has 0 radical (unpaired) electrons. The summed E-state index contributed by atoms with van der Waals surface area (Å²) in [7, 11) is 3.65. The Kier molecular flexibility index (Phi) is 8.68. The van der Waals surface area contributed by atoms with Crippen LogP contribution in [0.1, 0.15) is 0 Å². The van der Waals surface area contributed by atoms with Crippen LogP contribution in [-0.2, 0) is 14.1 Å². The van der Waals surface area contributed by atoms with Gasteiger partial charge in [-0.1, -0.05) is 176 Å². The Morgan fingerprint density at radius 2 is 0.810 bits per heavy atom. The van der Waals surface area contributed by atoms with Gasteiger partial charge >= 0.3 is 5.69 Å². The number of aromatic nitrogens is 4. The van der Waals surface area contributed by atoms with E-state index in [0.717, 1.165) is 78.1 Å². The third-order valence-corrected chi connectivity index (χ3v) is 11.3. The molecule has 58 heavy (non-hydrogen) atoms. The Labute approximate surface area is 336 Å². The zero-order valence-corrected chi connectivity index (χ0v) is 32.2. The largest absolute Gasteiger partial charge is 0.328 e. The third kappa shape index (κ3) is 6.19. The normalized spacial score (nSPS) is 11.3. The summed E-state index contributed by atoms with van der Waals surface area (Å²) in [5, 5.41) is 2.36. The fourth-order valence-electron chi connectivity index (χ4n) is 8.18. The van der Waals surface area contributed by atoms with Gasteiger partial charge in [0.25, 0.3) is 0 Å². The summed E-state index contributed by atoms with van der Waals surface area (Å²) in [6.07, 6.45) is 0. The summed E-state index contributed by atoms with van der Waals surface area (Å²) in [6.45, 7) is 0. The van der Waals surface area contributed by atoms with Crippen molar-refractivity contribution >= 4 is 21.8 Å². The van der Waals surface area contributed by atoms with Crippen molar-refractivity contribution in [1.82, 2.24) is 19.1 Å². The molecule has 2 heterocycles. The predicted octanol–water partition coefficient (Wildman–Crippen LogP) is 12.5. The van der Waals surface area contributed by atoms with Gasteiger partial charge in [-0.05, 0) is 73.5 Å². The fourth-order valence-corrected chi connectivity index (χ4v) is 8.18. The van der Waals surface area contributed by atoms with E-state index < -0.39 is 0 Å². The van der Waals surface area contributed by atoms with Crippen LogP contribution < -0.4 is 5.69 Å². The molecule has 0 atom stereocenters. The molecule has 10 rings (SSSR count). The number of hydrogen-bond donors (Lipinski definition) is 0. The molecule has 2 aromatic heterocycles. The van der Waals surface area contributed by atoms with E-state index in [0.29, 0.717) is 5.82 Å². The molecule has 0 aliphatic carbocycles. The Hall–Kier alpha value is -7.63. The average Bonchev–Trinajstić information content (AvgIpc) is 3.51. The SMILES string of the molecule is Cn1c(=O)n(C)c2cc(-c3ccc(-c4ccc(-c5ccc(-c6cc(-c7ccccc7-c7ccccc7)nc(-c7ccccc7)n6)cc5)cc4)c4ccccc34)ccc21. The maximum atomic E-state index is 12.6. The van der Waals surface area contributed by atoms with Crippen LogP contribution >= 0.6 is 0 Å². The maximum absolute atomic E-state index is 12.6. The predicted molar refractivity (Wildman–Crippen MR) is 239 cm³/mol. The van der Waals surface area contributed by atoms with Crippen LogP contribution in [-0.4, -0.2) is 19.1 Å². The molecule has 276 valence electrons. The molecule has 0 aliphatic rings. The van der Waals surface area contributed by atoms with Gasteiger partial charge in [-0.2, -0.15) is 0 Å². The number of nitrogens with zero attached hydrogens (tertiary/aromatic N) is 4. The highest BCUT2D eigenvalue weighted by Gasteiger charge is 2.16. The number of fused-ring (bicyclic) bond motifs is 2. The molecule has 8 aromatic carbocycles. The Morgan fingerprint density at radius 3 is 1.47 bits per heavy atom. The average molecular weight is 747 g/mol. The molecule has 0 saturated heterocycles. The van der Waals surface area contributed by atoms with E-state index in [1.807, 2.05) is 44.4 Å². The van der Waals surface area contributed by atoms with Crippen molar-refractivity contribution in [2.45, 2.75) is 0 Å². The number of aryl methyl sites for hydroxylation is 2. The molecule has 0 N–H and O–H groups in total. The van der Waals surface area contributed by atoms with Crippen LogP contribution in [0.4, 0.5) is 0 Å².